The fraction of sp³-hybridized carbons (Fsp3) is 0.500. The third kappa shape index (κ3) is 10.6. The van der Waals surface area contributed by atoms with Crippen LogP contribution < -0.4 is 0 Å². The molecule has 0 bridgehead atoms. The molecule has 2 aromatic carbocycles. The summed E-state index contributed by atoms with van der Waals surface area (Å²) in [6.45, 7) is 30.0. The van der Waals surface area contributed by atoms with Crippen LogP contribution in [0.2, 0.25) is 36.3 Å². The molecule has 0 saturated heterocycles. The van der Waals surface area contributed by atoms with Gasteiger partial charge < -0.3 is 13.7 Å². The van der Waals surface area contributed by atoms with Crippen LogP contribution in [0.25, 0.3) is 4.85 Å². The van der Waals surface area contributed by atoms with E-state index < -0.39 is 21.9 Å². The molecule has 0 atom stereocenters. The van der Waals surface area contributed by atoms with E-state index in [9.17, 15) is 9.59 Å². The number of benzene rings is 2. The molecule has 0 radical (unpaired) electrons. The highest BCUT2D eigenvalue weighted by Crippen LogP contribution is 2.38. The minimum atomic E-state index is -1.74. The molecule has 0 aromatic heterocycles. The van der Waals surface area contributed by atoms with Gasteiger partial charge >= 0.3 is 0 Å². The lowest BCUT2D eigenvalue weighted by Gasteiger charge is -2.36. The molecule has 0 saturated carbocycles. The number of Topliss-reactive ketones (excluding diaryl/α,β-unsaturated/α-hetero) is 1. The summed E-state index contributed by atoms with van der Waals surface area (Å²) in [7, 11) is -3.46. The lowest BCUT2D eigenvalue weighted by molar-refractivity contribution is 0.101. The molecule has 0 amide bonds. The second-order valence-corrected chi connectivity index (χ2v) is 22.5. The minimum absolute atomic E-state index is 0.0835. The highest BCUT2D eigenvalue weighted by Gasteiger charge is 2.37. The zero-order chi connectivity index (χ0) is 29.4. The van der Waals surface area contributed by atoms with Crippen LogP contribution in [0.3, 0.4) is 0 Å². The number of rotatable bonds is 9. The van der Waals surface area contributed by atoms with Crippen molar-refractivity contribution in [2.24, 2.45) is 0 Å². The number of nitrogens with zero attached hydrogens (tertiary/aromatic N) is 1. The maximum absolute atomic E-state index is 11.6. The molecule has 2 aromatic rings. The van der Waals surface area contributed by atoms with Gasteiger partial charge in [-0.1, -0.05) is 77.9 Å². The number of carbonyl (C=O) groups is 2. The first-order valence-electron chi connectivity index (χ1n) is 12.8. The number of halogens is 1. The van der Waals surface area contributed by atoms with E-state index in [-0.39, 0.29) is 22.4 Å². The van der Waals surface area contributed by atoms with Crippen molar-refractivity contribution >= 4 is 39.3 Å². The van der Waals surface area contributed by atoms with Crippen molar-refractivity contribution in [1.82, 2.24) is 0 Å². The number of hydrogen-bond donors (Lipinski definition) is 0. The molecule has 38 heavy (non-hydrogen) atoms. The van der Waals surface area contributed by atoms with E-state index in [0.717, 1.165) is 11.1 Å². The molecular weight excluding hydrogens is 530 g/mol. The van der Waals surface area contributed by atoms with Gasteiger partial charge in [-0.2, -0.15) is 0 Å². The third-order valence-corrected chi connectivity index (χ3v) is 16.7. The highest BCUT2D eigenvalue weighted by atomic mass is 35.5. The third-order valence-electron chi connectivity index (χ3n) is 7.49. The summed E-state index contributed by atoms with van der Waals surface area (Å²) in [6, 6.07) is 14.6. The fourth-order valence-corrected chi connectivity index (χ4v) is 4.69. The Hall–Kier alpha value is -2.09. The summed E-state index contributed by atoms with van der Waals surface area (Å²) in [6.07, 6.45) is 0. The first kappa shape index (κ1) is 33.9. The molecule has 208 valence electrons. The van der Waals surface area contributed by atoms with Crippen molar-refractivity contribution in [3.63, 3.8) is 0 Å². The molecule has 8 heteroatoms. The van der Waals surface area contributed by atoms with Crippen LogP contribution in [-0.4, -0.2) is 34.2 Å². The molecule has 0 aliphatic carbocycles. The smallest absolute Gasteiger partial charge is 0.276 e. The predicted molar refractivity (Wildman–Crippen MR) is 163 cm³/mol. The summed E-state index contributed by atoms with van der Waals surface area (Å²) in [5.74, 6) is -0.128. The Labute approximate surface area is 237 Å². The van der Waals surface area contributed by atoms with Crippen LogP contribution in [0.4, 0.5) is 0 Å². The summed E-state index contributed by atoms with van der Waals surface area (Å²) in [5.41, 5.74) is 3.25. The van der Waals surface area contributed by atoms with Crippen molar-refractivity contribution in [3.8, 4) is 0 Å². The van der Waals surface area contributed by atoms with Gasteiger partial charge in [0.15, 0.2) is 16.6 Å². The zero-order valence-electron chi connectivity index (χ0n) is 24.7. The predicted octanol–water partition coefficient (Wildman–Crippen LogP) is 8.90. The van der Waals surface area contributed by atoms with Crippen molar-refractivity contribution in [2.75, 3.05) is 6.54 Å². The Bertz CT molecular complexity index is 1110. The number of ketones is 1. The average molecular weight is 574 g/mol. The summed E-state index contributed by atoms with van der Waals surface area (Å²) < 4.78 is 12.2. The number of carbonyl (C=O) groups excluding carboxylic acids is 2. The van der Waals surface area contributed by atoms with Crippen molar-refractivity contribution in [2.45, 2.75) is 91.0 Å². The monoisotopic (exact) mass is 573 g/mol. The normalized spacial score (nSPS) is 12.3. The van der Waals surface area contributed by atoms with E-state index in [1.165, 1.54) is 0 Å². The summed E-state index contributed by atoms with van der Waals surface area (Å²) in [4.78, 5) is 25.6. The van der Waals surface area contributed by atoms with E-state index in [1.54, 1.807) is 24.3 Å². The lowest BCUT2D eigenvalue weighted by atomic mass is 10.1. The molecule has 0 aliphatic heterocycles. The van der Waals surface area contributed by atoms with E-state index >= 15 is 0 Å². The Balaban J connectivity index is 0.000000382. The van der Waals surface area contributed by atoms with Crippen LogP contribution >= 0.6 is 11.6 Å². The molecule has 0 fully saturated rings. The van der Waals surface area contributed by atoms with Crippen LogP contribution in [-0.2, 0) is 22.1 Å². The number of hydrogen-bond acceptors (Lipinski definition) is 4. The Kier molecular flexibility index (Phi) is 12.3. The quantitative estimate of drug-likeness (QED) is 0.130. The lowest BCUT2D eigenvalue weighted by Crippen LogP contribution is -2.40. The minimum Gasteiger partial charge on any atom is -0.413 e. The molecule has 0 unspecified atom stereocenters. The van der Waals surface area contributed by atoms with Crippen LogP contribution in [0.1, 0.15) is 73.4 Å². The van der Waals surface area contributed by atoms with E-state index in [1.807, 2.05) is 24.3 Å². The van der Waals surface area contributed by atoms with E-state index in [2.05, 4.69) is 72.6 Å². The van der Waals surface area contributed by atoms with E-state index in [4.69, 9.17) is 27.0 Å². The molecule has 5 nitrogen and oxygen atoms in total. The SMILES string of the molecule is CC(C)(C)[Si](C)(C)OCc1ccc(C(=O)Cl)cc1.[C-]#[N+]CC(=O)c1ccc(CO[Si](C)(C)C(C)(C)C)cc1. The van der Waals surface area contributed by atoms with Gasteiger partial charge in [-0.3, -0.25) is 9.59 Å². The molecule has 0 aliphatic rings. The van der Waals surface area contributed by atoms with Gasteiger partial charge in [0, 0.05) is 11.1 Å². The second-order valence-electron chi connectivity index (χ2n) is 12.5. The van der Waals surface area contributed by atoms with Crippen LogP contribution in [0.15, 0.2) is 48.5 Å². The van der Waals surface area contributed by atoms with Crippen molar-refractivity contribution in [3.05, 3.63) is 82.2 Å². The summed E-state index contributed by atoms with van der Waals surface area (Å²) in [5, 5.41) is -0.0238. The molecule has 2 rings (SSSR count). The van der Waals surface area contributed by atoms with Gasteiger partial charge in [0.05, 0.1) is 13.2 Å². The van der Waals surface area contributed by atoms with Gasteiger partial charge in [0.25, 0.3) is 11.8 Å². The second kappa shape index (κ2) is 13.8. The molecule has 0 N–H and O–H groups in total. The van der Waals surface area contributed by atoms with Gasteiger partial charge in [-0.05, 0) is 71.1 Å². The molecule has 0 heterocycles. The van der Waals surface area contributed by atoms with Crippen molar-refractivity contribution < 1.29 is 18.4 Å². The van der Waals surface area contributed by atoms with Gasteiger partial charge in [0.2, 0.25) is 5.78 Å². The highest BCUT2D eigenvalue weighted by molar-refractivity contribution is 6.74. The van der Waals surface area contributed by atoms with Gasteiger partial charge in [-0.15, -0.1) is 0 Å². The van der Waals surface area contributed by atoms with Gasteiger partial charge in [0.1, 0.15) is 0 Å². The maximum Gasteiger partial charge on any atom is 0.276 e. The fourth-order valence-electron chi connectivity index (χ4n) is 2.64. The summed E-state index contributed by atoms with van der Waals surface area (Å²) >= 11 is 5.40. The van der Waals surface area contributed by atoms with Crippen LogP contribution in [0.5, 0.6) is 0 Å². The largest absolute Gasteiger partial charge is 0.413 e. The van der Waals surface area contributed by atoms with Crippen LogP contribution in [0, 0.1) is 6.57 Å². The Morgan fingerprint density at radius 2 is 1.08 bits per heavy atom. The first-order chi connectivity index (χ1) is 17.3. The standard InChI is InChI=1S/C16H23NO2Si.C14H21ClO2Si/c1-16(2,3)20(5,6)19-12-13-7-9-14(10-8-13)15(18)11-17-4;1-14(2,3)18(4,5)17-10-11-6-8-12(9-7-11)13(15)16/h7-10H,11-12H2,1-3,5-6H3;6-9H,10H2,1-5H3. The average Bonchev–Trinajstić information content (AvgIpc) is 2.81. The van der Waals surface area contributed by atoms with E-state index in [0.29, 0.717) is 24.3 Å². The topological polar surface area (TPSA) is 57.0 Å². The molecule has 0 spiro atoms. The van der Waals surface area contributed by atoms with Crippen molar-refractivity contribution in [1.29, 1.82) is 0 Å². The maximum atomic E-state index is 11.6. The van der Waals surface area contributed by atoms with Gasteiger partial charge in [-0.25, -0.2) is 6.57 Å². The zero-order valence-corrected chi connectivity index (χ0v) is 27.5. The Morgan fingerprint density at radius 3 is 1.37 bits per heavy atom. The first-order valence-corrected chi connectivity index (χ1v) is 19.0. The Morgan fingerprint density at radius 1 is 0.737 bits per heavy atom. The molecular formula is C30H44ClNO4Si2.